The van der Waals surface area contributed by atoms with Crippen molar-refractivity contribution in [3.8, 4) is 0 Å². The molecule has 2 aliphatic heterocycles. The van der Waals surface area contributed by atoms with Gasteiger partial charge in [-0.15, -0.1) is 0 Å². The van der Waals surface area contributed by atoms with Crippen LogP contribution in [0.2, 0.25) is 0 Å². The van der Waals surface area contributed by atoms with Crippen LogP contribution in [0.5, 0.6) is 0 Å². The second kappa shape index (κ2) is 8.83. The minimum absolute atomic E-state index is 0.0766. The van der Waals surface area contributed by atoms with E-state index in [9.17, 15) is 18.0 Å². The van der Waals surface area contributed by atoms with Gasteiger partial charge in [0.2, 0.25) is 11.9 Å². The highest BCUT2D eigenvalue weighted by molar-refractivity contribution is 6.05. The number of nitrogens with zero attached hydrogens (tertiary/aromatic N) is 5. The largest absolute Gasteiger partial charge is 0.416 e. The lowest BCUT2D eigenvalue weighted by Crippen LogP contribution is -2.53. The Kier molecular flexibility index (Phi) is 5.82. The maximum atomic E-state index is 12.7. The molecule has 0 saturated carbocycles. The number of nitrogens with one attached hydrogen (secondary N) is 1. The first-order valence-corrected chi connectivity index (χ1v) is 11.5. The van der Waals surface area contributed by atoms with Gasteiger partial charge in [0.25, 0.3) is 0 Å². The van der Waals surface area contributed by atoms with Gasteiger partial charge < -0.3 is 15.1 Å². The number of hydrogen-bond acceptors (Lipinski definition) is 6. The van der Waals surface area contributed by atoms with Crippen molar-refractivity contribution >= 4 is 23.4 Å². The average molecular weight is 483 g/mol. The molecule has 1 aromatic carbocycles. The molecule has 182 valence electrons. The Labute approximate surface area is 201 Å². The molecular weight excluding hydrogens is 457 g/mol. The zero-order valence-corrected chi connectivity index (χ0v) is 19.4. The standard InChI is InChI=1S/C25H25F3N6O/c1-15-23(35)34-11-3-4-20-21(34)22(33(15)2)32-24(31-20)30-14-17-7-10-19(29-13-17)12-16-5-8-18(9-6-16)25(26,27)28/h5-10,13,15H,3-4,11-12,14H2,1-2H3,(H,30,31,32). The molecule has 0 fully saturated rings. The molecule has 10 heteroatoms. The number of rotatable bonds is 5. The van der Waals surface area contributed by atoms with Crippen molar-refractivity contribution in [2.45, 2.75) is 44.9 Å². The van der Waals surface area contributed by atoms with E-state index >= 15 is 0 Å². The lowest BCUT2D eigenvalue weighted by Gasteiger charge is -2.41. The number of carbonyl (C=O) groups is 1. The van der Waals surface area contributed by atoms with Crippen molar-refractivity contribution in [1.82, 2.24) is 15.0 Å². The third-order valence-electron chi connectivity index (χ3n) is 6.54. The molecule has 3 aromatic rings. The molecule has 0 radical (unpaired) electrons. The van der Waals surface area contributed by atoms with E-state index in [2.05, 4.69) is 15.3 Å². The predicted octanol–water partition coefficient (Wildman–Crippen LogP) is 4.21. The summed E-state index contributed by atoms with van der Waals surface area (Å²) in [4.78, 5) is 30.2. The number of amides is 1. The Morgan fingerprint density at radius 1 is 1.09 bits per heavy atom. The first-order valence-electron chi connectivity index (χ1n) is 11.5. The summed E-state index contributed by atoms with van der Waals surface area (Å²) in [5.41, 5.74) is 3.49. The van der Waals surface area contributed by atoms with Crippen LogP contribution in [0.25, 0.3) is 0 Å². The van der Waals surface area contributed by atoms with Crippen LogP contribution < -0.4 is 15.1 Å². The first kappa shape index (κ1) is 23.1. The van der Waals surface area contributed by atoms with E-state index in [-0.39, 0.29) is 11.9 Å². The van der Waals surface area contributed by atoms with Crippen LogP contribution in [0.1, 0.15) is 41.4 Å². The van der Waals surface area contributed by atoms with Crippen molar-refractivity contribution in [1.29, 1.82) is 0 Å². The second-order valence-corrected chi connectivity index (χ2v) is 8.93. The normalized spacial score (nSPS) is 17.4. The third-order valence-corrected chi connectivity index (χ3v) is 6.54. The summed E-state index contributed by atoms with van der Waals surface area (Å²) in [6.45, 7) is 3.04. The van der Waals surface area contributed by atoms with E-state index in [1.54, 1.807) is 6.20 Å². The molecule has 1 N–H and O–H groups in total. The Hall–Kier alpha value is -3.69. The topological polar surface area (TPSA) is 74.2 Å². The zero-order valence-electron chi connectivity index (χ0n) is 19.4. The van der Waals surface area contributed by atoms with E-state index in [4.69, 9.17) is 4.98 Å². The number of benzene rings is 1. The summed E-state index contributed by atoms with van der Waals surface area (Å²) >= 11 is 0. The fourth-order valence-electron chi connectivity index (χ4n) is 4.44. The molecule has 1 unspecified atom stereocenters. The number of alkyl halides is 3. The van der Waals surface area contributed by atoms with E-state index < -0.39 is 11.7 Å². The SMILES string of the molecule is CC1C(=O)N2CCCc3nc(NCc4ccc(Cc5ccc(C(F)(F)F)cc5)nc4)nc(c32)N1C. The number of pyridine rings is 1. The fraction of sp³-hybridized carbons (Fsp3) is 0.360. The van der Waals surface area contributed by atoms with Crippen molar-refractivity contribution in [3.05, 3.63) is 70.7 Å². The van der Waals surface area contributed by atoms with Gasteiger partial charge >= 0.3 is 6.18 Å². The molecule has 0 spiro atoms. The summed E-state index contributed by atoms with van der Waals surface area (Å²) < 4.78 is 38.2. The molecule has 35 heavy (non-hydrogen) atoms. The van der Waals surface area contributed by atoms with Crippen molar-refractivity contribution in [3.63, 3.8) is 0 Å². The van der Waals surface area contributed by atoms with Gasteiger partial charge in [-0.25, -0.2) is 4.98 Å². The van der Waals surface area contributed by atoms with Crippen LogP contribution in [0, 0.1) is 0 Å². The number of carbonyl (C=O) groups excluding carboxylic acids is 1. The molecule has 0 saturated heterocycles. The Morgan fingerprint density at radius 3 is 2.51 bits per heavy atom. The first-order chi connectivity index (χ1) is 16.7. The monoisotopic (exact) mass is 482 g/mol. The number of aromatic nitrogens is 3. The molecule has 0 aliphatic carbocycles. The lowest BCUT2D eigenvalue weighted by atomic mass is 10.0. The molecule has 7 nitrogen and oxygen atoms in total. The number of halogens is 3. The van der Waals surface area contributed by atoms with Gasteiger partial charge in [0.1, 0.15) is 11.7 Å². The van der Waals surface area contributed by atoms with Crippen molar-refractivity contribution < 1.29 is 18.0 Å². The lowest BCUT2D eigenvalue weighted by molar-refractivity contribution is -0.137. The smallest absolute Gasteiger partial charge is 0.350 e. The van der Waals surface area contributed by atoms with Crippen LogP contribution in [-0.4, -0.2) is 40.5 Å². The molecule has 1 amide bonds. The molecule has 4 heterocycles. The summed E-state index contributed by atoms with van der Waals surface area (Å²) in [7, 11) is 1.88. The highest BCUT2D eigenvalue weighted by atomic mass is 19.4. The number of hydrogen-bond donors (Lipinski definition) is 1. The molecule has 0 bridgehead atoms. The van der Waals surface area contributed by atoms with E-state index in [0.717, 1.165) is 59.0 Å². The van der Waals surface area contributed by atoms with Crippen molar-refractivity contribution in [2.24, 2.45) is 0 Å². The predicted molar refractivity (Wildman–Crippen MR) is 126 cm³/mol. The van der Waals surface area contributed by atoms with Gasteiger partial charge in [0, 0.05) is 38.4 Å². The summed E-state index contributed by atoms with van der Waals surface area (Å²) in [6.07, 6.45) is -0.483. The van der Waals surface area contributed by atoms with Crippen LogP contribution >= 0.6 is 0 Å². The molecule has 1 atom stereocenters. The van der Waals surface area contributed by atoms with Crippen LogP contribution in [0.3, 0.4) is 0 Å². The minimum atomic E-state index is -4.34. The average Bonchev–Trinajstić information content (AvgIpc) is 2.85. The second-order valence-electron chi connectivity index (χ2n) is 8.93. The highest BCUT2D eigenvalue weighted by Gasteiger charge is 2.38. The molecule has 2 aliphatic rings. The van der Waals surface area contributed by atoms with E-state index in [1.165, 1.54) is 12.1 Å². The Morgan fingerprint density at radius 2 is 1.83 bits per heavy atom. The summed E-state index contributed by atoms with van der Waals surface area (Å²) in [5.74, 6) is 1.34. The Balaban J connectivity index is 1.26. The van der Waals surface area contributed by atoms with Gasteiger partial charge in [0.05, 0.1) is 11.3 Å². The van der Waals surface area contributed by atoms with Crippen LogP contribution in [0.4, 0.5) is 30.6 Å². The highest BCUT2D eigenvalue weighted by Crippen LogP contribution is 2.39. The molecule has 2 aromatic heterocycles. The summed E-state index contributed by atoms with van der Waals surface area (Å²) in [6, 6.07) is 8.65. The van der Waals surface area contributed by atoms with E-state index in [1.807, 2.05) is 35.9 Å². The quantitative estimate of drug-likeness (QED) is 0.587. The fourth-order valence-corrected chi connectivity index (χ4v) is 4.44. The molecular formula is C25H25F3N6O. The maximum Gasteiger partial charge on any atom is 0.416 e. The zero-order chi connectivity index (χ0) is 24.7. The van der Waals surface area contributed by atoms with Gasteiger partial charge in [-0.05, 0) is 49.1 Å². The summed E-state index contributed by atoms with van der Waals surface area (Å²) in [5, 5.41) is 3.26. The van der Waals surface area contributed by atoms with Gasteiger partial charge in [-0.1, -0.05) is 18.2 Å². The van der Waals surface area contributed by atoms with Crippen LogP contribution in [-0.2, 0) is 30.4 Å². The number of aryl methyl sites for hydroxylation is 1. The number of likely N-dealkylation sites (N-methyl/N-ethyl adjacent to an activating group) is 1. The maximum absolute atomic E-state index is 12.7. The number of anilines is 3. The minimum Gasteiger partial charge on any atom is -0.350 e. The van der Waals surface area contributed by atoms with Crippen molar-refractivity contribution in [2.75, 3.05) is 28.7 Å². The van der Waals surface area contributed by atoms with Gasteiger partial charge in [-0.3, -0.25) is 9.78 Å². The van der Waals surface area contributed by atoms with E-state index in [0.29, 0.717) is 25.5 Å². The van der Waals surface area contributed by atoms with Crippen LogP contribution in [0.15, 0.2) is 42.6 Å². The third kappa shape index (κ3) is 4.52. The Bertz CT molecular complexity index is 1240. The van der Waals surface area contributed by atoms with Gasteiger partial charge in [-0.2, -0.15) is 18.2 Å². The molecule has 5 rings (SSSR count). The van der Waals surface area contributed by atoms with Gasteiger partial charge in [0.15, 0.2) is 5.82 Å².